The number of esters is 2. The maximum absolute atomic E-state index is 13.5. The zero-order chi connectivity index (χ0) is 22.8. The second-order valence-electron chi connectivity index (χ2n) is 9.27. The van der Waals surface area contributed by atoms with Gasteiger partial charge in [0.15, 0.2) is 0 Å². The van der Waals surface area contributed by atoms with Crippen molar-refractivity contribution in [3.05, 3.63) is 45.1 Å². The van der Waals surface area contributed by atoms with Crippen LogP contribution in [0.25, 0.3) is 0 Å². The first kappa shape index (κ1) is 23.4. The number of nitrogens with one attached hydrogen (secondary N) is 1. The Morgan fingerprint density at radius 3 is 2.19 bits per heavy atom. The summed E-state index contributed by atoms with van der Waals surface area (Å²) in [5.74, 6) is -1.92. The molecule has 2 saturated carbocycles. The minimum Gasteiger partial charge on any atom is -0.462 e. The highest BCUT2D eigenvalue weighted by Crippen LogP contribution is 2.45. The lowest BCUT2D eigenvalue weighted by atomic mass is 9.73. The van der Waals surface area contributed by atoms with Crippen LogP contribution < -0.4 is 5.32 Å². The molecule has 3 aliphatic rings. The Morgan fingerprint density at radius 2 is 1.56 bits per heavy atom. The molecule has 5 nitrogen and oxygen atoms in total. The van der Waals surface area contributed by atoms with Crippen molar-refractivity contribution in [1.82, 2.24) is 5.32 Å². The fourth-order valence-electron chi connectivity index (χ4n) is 5.41. The van der Waals surface area contributed by atoms with Gasteiger partial charge in [-0.25, -0.2) is 4.79 Å². The van der Waals surface area contributed by atoms with Gasteiger partial charge in [0.2, 0.25) is 0 Å². The highest BCUT2D eigenvalue weighted by atomic mass is 35.5. The summed E-state index contributed by atoms with van der Waals surface area (Å²) in [7, 11) is 0. The molecule has 3 unspecified atom stereocenters. The molecule has 0 radical (unpaired) electrons. The van der Waals surface area contributed by atoms with E-state index in [1.807, 2.05) is 19.9 Å². The molecule has 2 aliphatic carbocycles. The summed E-state index contributed by atoms with van der Waals surface area (Å²) in [4.78, 5) is 26.9. The van der Waals surface area contributed by atoms with E-state index in [1.165, 1.54) is 0 Å². The van der Waals surface area contributed by atoms with Gasteiger partial charge in [0.05, 0.1) is 21.5 Å². The molecule has 0 saturated heterocycles. The van der Waals surface area contributed by atoms with Crippen molar-refractivity contribution in [1.29, 1.82) is 0 Å². The maximum atomic E-state index is 13.5. The van der Waals surface area contributed by atoms with Crippen LogP contribution in [0, 0.1) is 5.92 Å². The smallest absolute Gasteiger partial charge is 0.336 e. The van der Waals surface area contributed by atoms with E-state index < -0.39 is 17.8 Å². The van der Waals surface area contributed by atoms with Gasteiger partial charge in [-0.2, -0.15) is 0 Å². The molecule has 1 aromatic carbocycles. The van der Waals surface area contributed by atoms with Gasteiger partial charge >= 0.3 is 11.9 Å². The topological polar surface area (TPSA) is 64.6 Å². The molecule has 0 bridgehead atoms. The zero-order valence-electron chi connectivity index (χ0n) is 18.7. The molecule has 1 aromatic rings. The lowest BCUT2D eigenvalue weighted by Crippen LogP contribution is -2.48. The molecule has 0 spiro atoms. The van der Waals surface area contributed by atoms with Gasteiger partial charge in [-0.3, -0.25) is 4.79 Å². The van der Waals surface area contributed by atoms with Gasteiger partial charge in [0.25, 0.3) is 0 Å². The third kappa shape index (κ3) is 4.79. The maximum Gasteiger partial charge on any atom is 0.336 e. The van der Waals surface area contributed by atoms with E-state index >= 15 is 0 Å². The molecule has 0 amide bonds. The van der Waals surface area contributed by atoms with Crippen LogP contribution >= 0.6 is 23.2 Å². The second kappa shape index (κ2) is 10.0. The third-order valence-electron chi connectivity index (χ3n) is 7.03. The summed E-state index contributed by atoms with van der Waals surface area (Å²) in [5.41, 5.74) is 1.79. The molecule has 4 rings (SSSR count). The van der Waals surface area contributed by atoms with Gasteiger partial charge in [-0.1, -0.05) is 35.3 Å². The largest absolute Gasteiger partial charge is 0.462 e. The molecular weight excluding hydrogens is 449 g/mol. The Balaban J connectivity index is 1.73. The SMILES string of the molecule is CC1=C(C(=O)OC2CCCC2)C(c2cccc(Cl)c2Cl)C(C(=O)OC2CCCC2)C(C)N1. The van der Waals surface area contributed by atoms with Crippen LogP contribution in [0.2, 0.25) is 10.0 Å². The summed E-state index contributed by atoms with van der Waals surface area (Å²) < 4.78 is 11.8. The van der Waals surface area contributed by atoms with E-state index in [1.54, 1.807) is 12.1 Å². The summed E-state index contributed by atoms with van der Waals surface area (Å²) in [5, 5.41) is 4.07. The number of benzene rings is 1. The van der Waals surface area contributed by atoms with E-state index in [4.69, 9.17) is 32.7 Å². The van der Waals surface area contributed by atoms with Gasteiger partial charge in [0, 0.05) is 17.7 Å². The fraction of sp³-hybridized carbons (Fsp3) is 0.600. The lowest BCUT2D eigenvalue weighted by Gasteiger charge is -2.39. The summed E-state index contributed by atoms with van der Waals surface area (Å²) in [6.07, 6.45) is 7.62. The Labute approximate surface area is 199 Å². The molecule has 1 heterocycles. The van der Waals surface area contributed by atoms with Crippen molar-refractivity contribution < 1.29 is 19.1 Å². The molecular formula is C25H31Cl2NO4. The van der Waals surface area contributed by atoms with Gasteiger partial charge in [-0.05, 0) is 76.8 Å². The van der Waals surface area contributed by atoms with E-state index in [9.17, 15) is 9.59 Å². The van der Waals surface area contributed by atoms with E-state index in [-0.39, 0.29) is 24.2 Å². The van der Waals surface area contributed by atoms with Gasteiger partial charge < -0.3 is 14.8 Å². The molecule has 32 heavy (non-hydrogen) atoms. The highest BCUT2D eigenvalue weighted by Gasteiger charge is 2.46. The van der Waals surface area contributed by atoms with Crippen molar-refractivity contribution in [3.8, 4) is 0 Å². The lowest BCUT2D eigenvalue weighted by molar-refractivity contribution is -0.156. The fourth-order valence-corrected chi connectivity index (χ4v) is 5.84. The average Bonchev–Trinajstić information content (AvgIpc) is 3.43. The van der Waals surface area contributed by atoms with Crippen molar-refractivity contribution in [2.45, 2.75) is 89.4 Å². The Bertz CT molecular complexity index is 903. The molecule has 1 N–H and O–H groups in total. The van der Waals surface area contributed by atoms with Crippen molar-refractivity contribution >= 4 is 35.1 Å². The quantitative estimate of drug-likeness (QED) is 0.530. The second-order valence-corrected chi connectivity index (χ2v) is 10.1. The van der Waals surface area contributed by atoms with Crippen LogP contribution in [-0.4, -0.2) is 30.2 Å². The number of rotatable bonds is 5. The van der Waals surface area contributed by atoms with E-state index in [2.05, 4.69) is 5.32 Å². The number of allylic oxidation sites excluding steroid dienone is 1. The molecule has 2 fully saturated rings. The molecule has 174 valence electrons. The molecule has 0 aromatic heterocycles. The van der Waals surface area contributed by atoms with Crippen LogP contribution in [0.4, 0.5) is 0 Å². The standard InChI is InChI=1S/C25H31Cl2NO4/c1-14-20(24(29)31-16-8-3-4-9-16)22(18-12-7-13-19(26)23(18)27)21(15(2)28-14)25(30)32-17-10-5-6-11-17/h7,12-14,16-17,20,22,28H,3-6,8-11H2,1-2H3. The van der Waals surface area contributed by atoms with Gasteiger partial charge in [-0.15, -0.1) is 0 Å². The zero-order valence-corrected chi connectivity index (χ0v) is 20.2. The number of ether oxygens (including phenoxy) is 2. The molecule has 3 atom stereocenters. The van der Waals surface area contributed by atoms with Crippen LogP contribution in [0.3, 0.4) is 0 Å². The number of carbonyl (C=O) groups is 2. The van der Waals surface area contributed by atoms with E-state index in [0.717, 1.165) is 51.4 Å². The van der Waals surface area contributed by atoms with Crippen molar-refractivity contribution in [2.75, 3.05) is 0 Å². The first-order valence-corrected chi connectivity index (χ1v) is 12.4. The van der Waals surface area contributed by atoms with Crippen molar-refractivity contribution in [2.24, 2.45) is 5.92 Å². The van der Waals surface area contributed by atoms with Crippen LogP contribution in [-0.2, 0) is 19.1 Å². The molecule has 7 heteroatoms. The Morgan fingerprint density at radius 1 is 0.969 bits per heavy atom. The number of hydrogen-bond donors (Lipinski definition) is 1. The predicted molar refractivity (Wildman–Crippen MR) is 125 cm³/mol. The third-order valence-corrected chi connectivity index (χ3v) is 7.86. The highest BCUT2D eigenvalue weighted by molar-refractivity contribution is 6.42. The van der Waals surface area contributed by atoms with E-state index in [0.29, 0.717) is 26.9 Å². The van der Waals surface area contributed by atoms with Crippen molar-refractivity contribution in [3.63, 3.8) is 0 Å². The normalized spacial score (nSPS) is 26.8. The van der Waals surface area contributed by atoms with Crippen LogP contribution in [0.5, 0.6) is 0 Å². The Kier molecular flexibility index (Phi) is 7.36. The Hall–Kier alpha value is -1.72. The van der Waals surface area contributed by atoms with Gasteiger partial charge in [0.1, 0.15) is 12.2 Å². The summed E-state index contributed by atoms with van der Waals surface area (Å²) >= 11 is 13.0. The number of carbonyl (C=O) groups excluding carboxylic acids is 2. The number of hydrogen-bond acceptors (Lipinski definition) is 5. The molecule has 1 aliphatic heterocycles. The first-order chi connectivity index (χ1) is 15.4. The monoisotopic (exact) mass is 479 g/mol. The minimum atomic E-state index is -0.624. The van der Waals surface area contributed by atoms with Crippen LogP contribution in [0.15, 0.2) is 29.5 Å². The summed E-state index contributed by atoms with van der Waals surface area (Å²) in [6, 6.07) is 5.09. The van der Waals surface area contributed by atoms with Crippen LogP contribution in [0.1, 0.15) is 76.7 Å². The number of halogens is 2. The first-order valence-electron chi connectivity index (χ1n) is 11.7. The predicted octanol–water partition coefficient (Wildman–Crippen LogP) is 5.93. The minimum absolute atomic E-state index is 0.0638. The average molecular weight is 480 g/mol. The summed E-state index contributed by atoms with van der Waals surface area (Å²) in [6.45, 7) is 3.79.